The number of ether oxygens (including phenoxy) is 1. The number of nitrogens with zero attached hydrogens (tertiary/aromatic N) is 2. The maximum absolute atomic E-state index is 13.6. The summed E-state index contributed by atoms with van der Waals surface area (Å²) in [5.74, 6) is -0.521. The van der Waals surface area contributed by atoms with Crippen LogP contribution in [0.2, 0.25) is 0 Å². The van der Waals surface area contributed by atoms with Crippen LogP contribution < -0.4 is 5.73 Å². The molecule has 1 aromatic heterocycles. The molecule has 6 nitrogen and oxygen atoms in total. The molecule has 7 heteroatoms. The molecule has 0 unspecified atom stereocenters. The summed E-state index contributed by atoms with van der Waals surface area (Å²) in [7, 11) is 0. The lowest BCUT2D eigenvalue weighted by Gasteiger charge is -2.32. The lowest BCUT2D eigenvalue weighted by molar-refractivity contribution is -0.144. The monoisotopic (exact) mass is 391 g/mol. The molecular weight excluding hydrogens is 362 g/mol. The van der Waals surface area contributed by atoms with Crippen molar-refractivity contribution >= 4 is 23.2 Å². The third-order valence-corrected chi connectivity index (χ3v) is 7.06. The van der Waals surface area contributed by atoms with Gasteiger partial charge in [0.25, 0.3) is 0 Å². The molecule has 3 saturated heterocycles. The molecule has 27 heavy (non-hydrogen) atoms. The van der Waals surface area contributed by atoms with Crippen LogP contribution in [0, 0.1) is 11.8 Å². The van der Waals surface area contributed by atoms with Gasteiger partial charge in [-0.3, -0.25) is 9.59 Å². The summed E-state index contributed by atoms with van der Waals surface area (Å²) in [6, 6.07) is 2.07. The van der Waals surface area contributed by atoms with E-state index < -0.39 is 5.60 Å². The van der Waals surface area contributed by atoms with Crippen LogP contribution in [0.4, 0.5) is 0 Å². The maximum atomic E-state index is 13.6. The molecule has 148 valence electrons. The molecule has 3 aliphatic heterocycles. The van der Waals surface area contributed by atoms with Gasteiger partial charge >= 0.3 is 0 Å². The lowest BCUT2D eigenvalue weighted by Crippen LogP contribution is -2.47. The standard InChI is InChI=1S/C20H29N3O3S/c1-2-3-8-22(11-14-5-10-27-12-14)18(24)16-15-4-6-20(26-15)13-23(9-7-21)19(25)17(16)20/h5,10,12,15-17H,2-4,6-9,11,13,21H2,1H3/t15-,16-,17+,20-/m0/s1. The number of hydrogen-bond donors (Lipinski definition) is 1. The molecule has 4 rings (SSSR count). The van der Waals surface area contributed by atoms with Crippen molar-refractivity contribution in [1.82, 2.24) is 9.80 Å². The highest BCUT2D eigenvalue weighted by molar-refractivity contribution is 7.07. The normalized spacial score (nSPS) is 31.6. The molecule has 2 amide bonds. The number of carbonyl (C=O) groups excluding carboxylic acids is 2. The number of unbranched alkanes of at least 4 members (excludes halogenated alkanes) is 1. The van der Waals surface area contributed by atoms with Gasteiger partial charge in [-0.1, -0.05) is 13.3 Å². The van der Waals surface area contributed by atoms with Gasteiger partial charge in [0.15, 0.2) is 0 Å². The molecule has 3 fully saturated rings. The second kappa shape index (κ2) is 7.53. The fourth-order valence-electron chi connectivity index (χ4n) is 5.10. The maximum Gasteiger partial charge on any atom is 0.229 e. The summed E-state index contributed by atoms with van der Waals surface area (Å²) >= 11 is 1.65. The minimum atomic E-state index is -0.462. The zero-order valence-electron chi connectivity index (χ0n) is 15.9. The van der Waals surface area contributed by atoms with Crippen molar-refractivity contribution in [3.63, 3.8) is 0 Å². The summed E-state index contributed by atoms with van der Waals surface area (Å²) < 4.78 is 6.31. The predicted octanol–water partition coefficient (Wildman–Crippen LogP) is 1.84. The van der Waals surface area contributed by atoms with E-state index in [-0.39, 0.29) is 29.8 Å². The molecule has 4 atom stereocenters. The minimum absolute atomic E-state index is 0.0620. The Balaban J connectivity index is 1.56. The Labute approximate surface area is 164 Å². The molecule has 1 aromatic rings. The Kier molecular flexibility index (Phi) is 5.27. The van der Waals surface area contributed by atoms with E-state index in [0.717, 1.165) is 37.8 Å². The topological polar surface area (TPSA) is 75.9 Å². The van der Waals surface area contributed by atoms with Crippen LogP contribution in [0.25, 0.3) is 0 Å². The molecule has 2 bridgehead atoms. The van der Waals surface area contributed by atoms with E-state index in [4.69, 9.17) is 10.5 Å². The second-order valence-corrected chi connectivity index (χ2v) is 8.84. The van der Waals surface area contributed by atoms with E-state index in [1.54, 1.807) is 11.3 Å². The van der Waals surface area contributed by atoms with Gasteiger partial charge in [0.2, 0.25) is 11.8 Å². The first-order valence-electron chi connectivity index (χ1n) is 10.1. The lowest BCUT2D eigenvalue weighted by atomic mass is 9.72. The highest BCUT2D eigenvalue weighted by Gasteiger charge is 2.69. The summed E-state index contributed by atoms with van der Waals surface area (Å²) in [6.07, 6.45) is 3.64. The Morgan fingerprint density at radius 2 is 2.37 bits per heavy atom. The quantitative estimate of drug-likeness (QED) is 0.734. The molecule has 2 N–H and O–H groups in total. The fourth-order valence-corrected chi connectivity index (χ4v) is 5.76. The van der Waals surface area contributed by atoms with Crippen LogP contribution in [0.15, 0.2) is 16.8 Å². The minimum Gasteiger partial charge on any atom is -0.368 e. The van der Waals surface area contributed by atoms with E-state index in [1.807, 2.05) is 15.2 Å². The largest absolute Gasteiger partial charge is 0.368 e. The Morgan fingerprint density at radius 3 is 3.07 bits per heavy atom. The van der Waals surface area contributed by atoms with Crippen molar-refractivity contribution in [2.45, 2.75) is 50.9 Å². The van der Waals surface area contributed by atoms with Crippen LogP contribution in [0.5, 0.6) is 0 Å². The van der Waals surface area contributed by atoms with E-state index in [9.17, 15) is 9.59 Å². The van der Waals surface area contributed by atoms with Gasteiger partial charge in [-0.25, -0.2) is 0 Å². The molecule has 4 heterocycles. The third kappa shape index (κ3) is 3.19. The molecular formula is C20H29N3O3S. The molecule has 0 saturated carbocycles. The zero-order chi connectivity index (χ0) is 19.0. The Bertz CT molecular complexity index is 695. The number of nitrogens with two attached hydrogens (primary N) is 1. The van der Waals surface area contributed by atoms with Crippen molar-refractivity contribution in [1.29, 1.82) is 0 Å². The van der Waals surface area contributed by atoms with E-state index >= 15 is 0 Å². The van der Waals surface area contributed by atoms with Crippen LogP contribution in [0.1, 0.15) is 38.2 Å². The number of thiophene rings is 1. The van der Waals surface area contributed by atoms with Gasteiger partial charge in [-0.15, -0.1) is 0 Å². The van der Waals surface area contributed by atoms with Crippen LogP contribution in [-0.2, 0) is 20.9 Å². The van der Waals surface area contributed by atoms with Crippen LogP contribution in [0.3, 0.4) is 0 Å². The molecule has 1 spiro atoms. The second-order valence-electron chi connectivity index (χ2n) is 8.06. The number of rotatable bonds is 8. The SMILES string of the molecule is CCCCN(Cc1ccsc1)C(=O)[C@H]1[C@@H]2CC[C@@]3(CN(CCN)C(=O)[C@@H]13)O2. The summed E-state index contributed by atoms with van der Waals surface area (Å²) in [5, 5.41) is 4.13. The van der Waals surface area contributed by atoms with E-state index in [0.29, 0.717) is 26.2 Å². The first-order chi connectivity index (χ1) is 13.1. The number of carbonyl (C=O) groups is 2. The van der Waals surface area contributed by atoms with Gasteiger partial charge in [0.1, 0.15) is 0 Å². The van der Waals surface area contributed by atoms with Gasteiger partial charge in [0, 0.05) is 26.2 Å². The third-order valence-electron chi connectivity index (χ3n) is 6.33. The molecule has 0 aromatic carbocycles. The van der Waals surface area contributed by atoms with E-state index in [2.05, 4.69) is 18.4 Å². The van der Waals surface area contributed by atoms with Crippen molar-refractivity contribution in [2.24, 2.45) is 17.6 Å². The van der Waals surface area contributed by atoms with Crippen molar-refractivity contribution < 1.29 is 14.3 Å². The Hall–Kier alpha value is -1.44. The average molecular weight is 392 g/mol. The zero-order valence-corrected chi connectivity index (χ0v) is 16.7. The van der Waals surface area contributed by atoms with Crippen molar-refractivity contribution in [2.75, 3.05) is 26.2 Å². The average Bonchev–Trinajstić information content (AvgIpc) is 3.41. The number of likely N-dealkylation sites (tertiary alicyclic amines) is 1. The number of fused-ring (bicyclic) bond motifs is 1. The smallest absolute Gasteiger partial charge is 0.229 e. The number of amides is 2. The Morgan fingerprint density at radius 1 is 1.52 bits per heavy atom. The summed E-state index contributed by atoms with van der Waals surface area (Å²) in [6.45, 7) is 5.06. The fraction of sp³-hybridized carbons (Fsp3) is 0.700. The summed E-state index contributed by atoms with van der Waals surface area (Å²) in [5.41, 5.74) is 6.38. The first-order valence-corrected chi connectivity index (χ1v) is 11.0. The van der Waals surface area contributed by atoms with Gasteiger partial charge in [-0.2, -0.15) is 11.3 Å². The van der Waals surface area contributed by atoms with Crippen LogP contribution >= 0.6 is 11.3 Å². The predicted molar refractivity (Wildman–Crippen MR) is 104 cm³/mol. The highest BCUT2D eigenvalue weighted by atomic mass is 32.1. The first kappa shape index (κ1) is 18.9. The van der Waals surface area contributed by atoms with Crippen LogP contribution in [-0.4, -0.2) is 59.5 Å². The highest BCUT2D eigenvalue weighted by Crippen LogP contribution is 2.55. The van der Waals surface area contributed by atoms with Gasteiger partial charge in [0.05, 0.1) is 30.1 Å². The van der Waals surface area contributed by atoms with Gasteiger partial charge in [-0.05, 0) is 41.7 Å². The van der Waals surface area contributed by atoms with Crippen molar-refractivity contribution in [3.05, 3.63) is 22.4 Å². The molecule has 0 aliphatic carbocycles. The van der Waals surface area contributed by atoms with Crippen molar-refractivity contribution in [3.8, 4) is 0 Å². The molecule has 0 radical (unpaired) electrons. The van der Waals surface area contributed by atoms with Gasteiger partial charge < -0.3 is 20.3 Å². The number of hydrogen-bond acceptors (Lipinski definition) is 5. The summed E-state index contributed by atoms with van der Waals surface area (Å²) in [4.78, 5) is 30.4. The van der Waals surface area contributed by atoms with E-state index in [1.165, 1.54) is 0 Å². The molecule has 3 aliphatic rings.